The summed E-state index contributed by atoms with van der Waals surface area (Å²) in [6.07, 6.45) is -0.338. The van der Waals surface area contributed by atoms with Gasteiger partial charge in [0.15, 0.2) is 0 Å². The second-order valence-corrected chi connectivity index (χ2v) is 7.10. The van der Waals surface area contributed by atoms with E-state index in [4.69, 9.17) is 9.84 Å². The topological polar surface area (TPSA) is 70.6 Å². The smallest absolute Gasteiger partial charge is 0.315 e. The molecule has 0 saturated heterocycles. The van der Waals surface area contributed by atoms with Gasteiger partial charge in [-0.05, 0) is 23.6 Å². The number of carbonyl (C=O) groups is 1. The first-order valence-electron chi connectivity index (χ1n) is 10.1. The van der Waals surface area contributed by atoms with Crippen LogP contribution in [0.4, 0.5) is 4.79 Å². The number of aryl methyl sites for hydroxylation is 1. The summed E-state index contributed by atoms with van der Waals surface area (Å²) in [5, 5.41) is 15.1. The summed E-state index contributed by atoms with van der Waals surface area (Å²) in [4.78, 5) is 12.7. The molecule has 1 unspecified atom stereocenters. The first-order valence-corrected chi connectivity index (χ1v) is 10.1. The van der Waals surface area contributed by atoms with Crippen molar-refractivity contribution in [2.24, 2.45) is 0 Å². The summed E-state index contributed by atoms with van der Waals surface area (Å²) in [5.74, 6) is 0. The van der Waals surface area contributed by atoms with Gasteiger partial charge in [0.05, 0.1) is 25.4 Å². The zero-order valence-corrected chi connectivity index (χ0v) is 17.1. The molecule has 0 fully saturated rings. The van der Waals surface area contributed by atoms with Crippen LogP contribution in [0.2, 0.25) is 0 Å². The number of rotatable bonds is 9. The quantitative estimate of drug-likeness (QED) is 0.502. The second-order valence-electron chi connectivity index (χ2n) is 7.10. The molecule has 2 amide bonds. The molecule has 3 aromatic carbocycles. The average Bonchev–Trinajstić information content (AvgIpc) is 2.79. The zero-order chi connectivity index (χ0) is 21.2. The van der Waals surface area contributed by atoms with E-state index in [1.165, 1.54) is 0 Å². The predicted octanol–water partition coefficient (Wildman–Crippen LogP) is 4.13. The van der Waals surface area contributed by atoms with Gasteiger partial charge in [-0.1, -0.05) is 90.5 Å². The minimum Gasteiger partial charge on any atom is -0.394 e. The minimum absolute atomic E-state index is 0.0708. The molecule has 0 radical (unpaired) electrons. The molecule has 0 spiro atoms. The molecular formula is C25H28N2O3. The molecule has 0 aliphatic heterocycles. The lowest BCUT2D eigenvalue weighted by Crippen LogP contribution is -2.40. The molecule has 0 saturated carbocycles. The Balaban J connectivity index is 1.68. The molecule has 0 aliphatic rings. The number of aliphatic hydroxyl groups excluding tert-OH is 1. The highest BCUT2D eigenvalue weighted by Crippen LogP contribution is 2.22. The van der Waals surface area contributed by atoms with E-state index in [-0.39, 0.29) is 31.4 Å². The number of urea groups is 1. The summed E-state index contributed by atoms with van der Waals surface area (Å²) in [5.41, 5.74) is 4.12. The van der Waals surface area contributed by atoms with Crippen LogP contribution in [0.15, 0.2) is 84.9 Å². The molecule has 0 aromatic heterocycles. The molecule has 3 N–H and O–H groups in total. The lowest BCUT2D eigenvalue weighted by molar-refractivity contribution is 0.0294. The molecule has 0 bridgehead atoms. The van der Waals surface area contributed by atoms with Crippen molar-refractivity contribution < 1.29 is 14.6 Å². The van der Waals surface area contributed by atoms with Gasteiger partial charge in [-0.3, -0.25) is 0 Å². The third-order valence-corrected chi connectivity index (χ3v) is 4.85. The maximum Gasteiger partial charge on any atom is 0.315 e. The highest BCUT2D eigenvalue weighted by Gasteiger charge is 2.18. The number of nitrogens with one attached hydrogen (secondary N) is 2. The molecule has 30 heavy (non-hydrogen) atoms. The maximum absolute atomic E-state index is 12.7. The van der Waals surface area contributed by atoms with Gasteiger partial charge in [-0.2, -0.15) is 0 Å². The van der Waals surface area contributed by atoms with Crippen LogP contribution in [0.1, 0.15) is 34.4 Å². The molecule has 5 nitrogen and oxygen atoms in total. The lowest BCUT2D eigenvalue weighted by Gasteiger charge is -2.22. The molecule has 156 valence electrons. The highest BCUT2D eigenvalue weighted by molar-refractivity contribution is 5.75. The normalized spacial score (nSPS) is 11.8. The van der Waals surface area contributed by atoms with E-state index in [0.29, 0.717) is 6.54 Å². The van der Waals surface area contributed by atoms with Crippen LogP contribution in [0.3, 0.4) is 0 Å². The number of amides is 2. The van der Waals surface area contributed by atoms with Gasteiger partial charge in [-0.15, -0.1) is 0 Å². The first kappa shape index (κ1) is 21.6. The van der Waals surface area contributed by atoms with Crippen molar-refractivity contribution >= 4 is 6.03 Å². The highest BCUT2D eigenvalue weighted by atomic mass is 16.5. The van der Waals surface area contributed by atoms with Crippen molar-refractivity contribution in [1.29, 1.82) is 0 Å². The van der Waals surface area contributed by atoms with Gasteiger partial charge in [-0.25, -0.2) is 4.79 Å². The Morgan fingerprint density at radius 3 is 1.97 bits per heavy atom. The number of benzene rings is 3. The van der Waals surface area contributed by atoms with E-state index in [9.17, 15) is 4.79 Å². The predicted molar refractivity (Wildman–Crippen MR) is 118 cm³/mol. The molecular weight excluding hydrogens is 376 g/mol. The van der Waals surface area contributed by atoms with E-state index in [0.717, 1.165) is 22.3 Å². The van der Waals surface area contributed by atoms with E-state index >= 15 is 0 Å². The zero-order valence-electron chi connectivity index (χ0n) is 17.1. The van der Waals surface area contributed by atoms with Crippen molar-refractivity contribution in [2.45, 2.75) is 19.1 Å². The maximum atomic E-state index is 12.7. The van der Waals surface area contributed by atoms with Crippen LogP contribution in [0.5, 0.6) is 0 Å². The molecule has 1 atom stereocenters. The summed E-state index contributed by atoms with van der Waals surface area (Å²) >= 11 is 0. The third kappa shape index (κ3) is 6.17. The van der Waals surface area contributed by atoms with Crippen LogP contribution in [0.25, 0.3) is 0 Å². The van der Waals surface area contributed by atoms with Crippen LogP contribution in [0, 0.1) is 6.92 Å². The van der Waals surface area contributed by atoms with Gasteiger partial charge in [0.2, 0.25) is 0 Å². The van der Waals surface area contributed by atoms with Crippen molar-refractivity contribution in [1.82, 2.24) is 10.6 Å². The molecule has 5 heteroatoms. The number of ether oxygens (including phenoxy) is 1. The molecule has 3 aromatic rings. The third-order valence-electron chi connectivity index (χ3n) is 4.85. The van der Waals surface area contributed by atoms with E-state index in [1.54, 1.807) is 0 Å². The fraction of sp³-hybridized carbons (Fsp3) is 0.240. The van der Waals surface area contributed by atoms with Crippen molar-refractivity contribution in [3.05, 3.63) is 107 Å². The van der Waals surface area contributed by atoms with Crippen molar-refractivity contribution in [3.63, 3.8) is 0 Å². The standard InChI is InChI=1S/C25H28N2O3/c1-19-12-14-20(15-13-19)23(30-17-16-28)18-26-25(29)27-24(21-8-4-2-5-9-21)22-10-6-3-7-11-22/h2-15,23-24,28H,16-18H2,1H3,(H2,26,27,29). The van der Waals surface area contributed by atoms with Gasteiger partial charge >= 0.3 is 6.03 Å². The fourth-order valence-electron chi connectivity index (χ4n) is 3.27. The average molecular weight is 405 g/mol. The van der Waals surface area contributed by atoms with E-state index in [1.807, 2.05) is 91.9 Å². The SMILES string of the molecule is Cc1ccc(C(CNC(=O)NC(c2ccccc2)c2ccccc2)OCCO)cc1. The number of aliphatic hydroxyl groups is 1. The second kappa shape index (κ2) is 11.1. The number of hydrogen-bond donors (Lipinski definition) is 3. The van der Waals surface area contributed by atoms with Gasteiger partial charge in [0.25, 0.3) is 0 Å². The molecule has 0 aliphatic carbocycles. The van der Waals surface area contributed by atoms with Crippen molar-refractivity contribution in [3.8, 4) is 0 Å². The Kier molecular flexibility index (Phi) is 8.01. The Bertz CT molecular complexity index is 859. The van der Waals surface area contributed by atoms with Gasteiger partial charge < -0.3 is 20.5 Å². The van der Waals surface area contributed by atoms with Crippen LogP contribution < -0.4 is 10.6 Å². The van der Waals surface area contributed by atoms with E-state index < -0.39 is 0 Å². The van der Waals surface area contributed by atoms with Crippen LogP contribution in [-0.4, -0.2) is 30.9 Å². The number of carbonyl (C=O) groups excluding carboxylic acids is 1. The van der Waals surface area contributed by atoms with Crippen LogP contribution in [-0.2, 0) is 4.74 Å². The monoisotopic (exact) mass is 404 g/mol. The Morgan fingerprint density at radius 1 is 0.867 bits per heavy atom. The Hall–Kier alpha value is -3.15. The van der Waals surface area contributed by atoms with Gasteiger partial charge in [0, 0.05) is 6.54 Å². The first-order chi connectivity index (χ1) is 14.7. The number of hydrogen-bond acceptors (Lipinski definition) is 3. The Morgan fingerprint density at radius 2 is 1.43 bits per heavy atom. The summed E-state index contributed by atoms with van der Waals surface area (Å²) in [7, 11) is 0. The summed E-state index contributed by atoms with van der Waals surface area (Å²) in [6, 6.07) is 27.2. The lowest BCUT2D eigenvalue weighted by atomic mass is 9.99. The largest absolute Gasteiger partial charge is 0.394 e. The van der Waals surface area contributed by atoms with Crippen molar-refractivity contribution in [2.75, 3.05) is 19.8 Å². The van der Waals surface area contributed by atoms with Crippen LogP contribution >= 0.6 is 0 Å². The van der Waals surface area contributed by atoms with E-state index in [2.05, 4.69) is 10.6 Å². The van der Waals surface area contributed by atoms with Gasteiger partial charge in [0.1, 0.15) is 0 Å². The molecule has 0 heterocycles. The summed E-state index contributed by atoms with van der Waals surface area (Å²) < 4.78 is 5.75. The molecule has 3 rings (SSSR count). The Labute approximate surface area is 177 Å². The minimum atomic E-state index is -0.338. The summed E-state index contributed by atoms with van der Waals surface area (Å²) in [6.45, 7) is 2.45. The fourth-order valence-corrected chi connectivity index (χ4v) is 3.27.